The number of nitrogens with zero attached hydrogens (tertiary/aromatic N) is 12. The van der Waals surface area contributed by atoms with Gasteiger partial charge < -0.3 is 24.9 Å². The monoisotopic (exact) mass is 920 g/mol. The summed E-state index contributed by atoms with van der Waals surface area (Å²) in [6.45, 7) is 5.36. The second kappa shape index (κ2) is 18.2. The molecule has 21 heteroatoms. The van der Waals surface area contributed by atoms with Crippen LogP contribution < -0.4 is 46.5 Å². The van der Waals surface area contributed by atoms with Crippen molar-refractivity contribution in [3.8, 4) is 5.82 Å². The second-order valence-electron chi connectivity index (χ2n) is 17.4. The maximum atomic E-state index is 13.1. The summed E-state index contributed by atoms with van der Waals surface area (Å²) in [4.78, 5) is 68.8. The van der Waals surface area contributed by atoms with Crippen LogP contribution in [0, 0.1) is 11.8 Å². The first-order chi connectivity index (χ1) is 32.5. The van der Waals surface area contributed by atoms with E-state index in [0.717, 1.165) is 79.6 Å². The molecule has 0 aliphatic carbocycles. The number of fused-ring (bicyclic) bond motifs is 9. The summed E-state index contributed by atoms with van der Waals surface area (Å²) in [5.41, 5.74) is 1.25. The average Bonchev–Trinajstić information content (AvgIpc) is 4.18. The van der Waals surface area contributed by atoms with Gasteiger partial charge in [-0.1, -0.05) is 18.2 Å². The molecular weight excluding hydrogens is 873 g/mol. The highest BCUT2D eigenvalue weighted by Gasteiger charge is 2.44. The summed E-state index contributed by atoms with van der Waals surface area (Å²) >= 11 is 0. The van der Waals surface area contributed by atoms with Crippen molar-refractivity contribution in [2.75, 3.05) is 94.2 Å². The predicted molar refractivity (Wildman–Crippen MR) is 247 cm³/mol. The van der Waals surface area contributed by atoms with E-state index in [4.69, 9.17) is 4.98 Å². The molecule has 12 heterocycles. The molecule has 2 unspecified atom stereocenters. The van der Waals surface area contributed by atoms with Crippen LogP contribution in [0.3, 0.4) is 0 Å². The summed E-state index contributed by atoms with van der Waals surface area (Å²) < 4.78 is 53.6. The van der Waals surface area contributed by atoms with E-state index in [1.165, 1.54) is 10.6 Å². The summed E-state index contributed by atoms with van der Waals surface area (Å²) in [6, 6.07) is 23.6. The zero-order chi connectivity index (χ0) is 46.2. The lowest BCUT2D eigenvalue weighted by atomic mass is 10.1. The molecule has 6 aliphatic heterocycles. The maximum Gasteiger partial charge on any atom is 0.393 e. The Kier molecular flexibility index (Phi) is 11.8. The van der Waals surface area contributed by atoms with E-state index in [1.807, 2.05) is 36.4 Å². The number of amides is 2. The number of hydrogen-bond donors (Lipinski definition) is 2. The first-order valence-corrected chi connectivity index (χ1v) is 22.4. The van der Waals surface area contributed by atoms with Gasteiger partial charge in [-0.05, 0) is 86.3 Å². The van der Waals surface area contributed by atoms with Gasteiger partial charge in [0.2, 0.25) is 0 Å². The van der Waals surface area contributed by atoms with Crippen molar-refractivity contribution in [2.24, 2.45) is 11.8 Å². The molecule has 0 saturated carbocycles. The van der Waals surface area contributed by atoms with Gasteiger partial charge in [-0.15, -0.1) is 0 Å². The standard InChI is InChI=1S/C20H23FN6O.C14H17F3N4.C12H8N4O2/c21-11-14-6-9-26(12-14)18-5-4-16-19(24-18)27(15-7-10-25(16)13-15)20(28)23-17-3-1-2-8-22-17;15-14(16,17)9-3-5-21(7-9)12-2-1-11-13(19-12)18-10-4-6-20(11)8-10;17-11-14-10-6-2-4-8-15(10)12(18)16(11)9-5-1-3-7-13-9/h1-5,8,14-15H,6-7,9-13H2,(H,22,23,28);1-2,9-10H,3-8H2,(H,18,19);1-8H/t14?,15-;9?,10-;/m00./s1. The lowest BCUT2D eigenvalue weighted by Crippen LogP contribution is -2.48. The summed E-state index contributed by atoms with van der Waals surface area (Å²) in [5, 5.41) is 6.29. The van der Waals surface area contributed by atoms with E-state index >= 15 is 0 Å². The molecule has 0 spiro atoms. The Balaban J connectivity index is 0.000000121. The van der Waals surface area contributed by atoms with E-state index in [1.54, 1.807) is 64.7 Å². The first-order valence-electron chi connectivity index (χ1n) is 22.4. The molecule has 4 fully saturated rings. The summed E-state index contributed by atoms with van der Waals surface area (Å²) in [6.07, 6.45) is 3.62. The predicted octanol–water partition coefficient (Wildman–Crippen LogP) is 5.62. The average molecular weight is 921 g/mol. The first kappa shape index (κ1) is 43.6. The molecule has 17 nitrogen and oxygen atoms in total. The minimum atomic E-state index is -4.11. The number of alkyl halides is 4. The summed E-state index contributed by atoms with van der Waals surface area (Å²) in [5.74, 6) is 2.59. The van der Waals surface area contributed by atoms with Crippen molar-refractivity contribution in [1.82, 2.24) is 33.9 Å². The highest BCUT2D eigenvalue weighted by Crippen LogP contribution is 2.41. The molecule has 0 aromatic carbocycles. The van der Waals surface area contributed by atoms with Crippen molar-refractivity contribution < 1.29 is 22.4 Å². The van der Waals surface area contributed by atoms with E-state index in [9.17, 15) is 31.9 Å². The Bertz CT molecular complexity index is 2870. The van der Waals surface area contributed by atoms with Crippen LogP contribution in [-0.4, -0.2) is 117 Å². The molecule has 2 amide bonds. The van der Waals surface area contributed by atoms with Crippen LogP contribution in [0.2, 0.25) is 0 Å². The highest BCUT2D eigenvalue weighted by atomic mass is 19.4. The van der Waals surface area contributed by atoms with Gasteiger partial charge in [-0.3, -0.25) is 19.0 Å². The number of halogens is 4. The number of carbonyl (C=O) groups is 1. The molecule has 4 bridgehead atoms. The molecule has 2 N–H and O–H groups in total. The smallest absolute Gasteiger partial charge is 0.366 e. The Morgan fingerprint density at radius 3 is 2.16 bits per heavy atom. The largest absolute Gasteiger partial charge is 0.393 e. The SMILES string of the molecule is FC(F)(F)C1CCN(c2ccc3c(n2)N[C@H]2CCN3C2)C1.O=C(Nc1ccccn1)N1c2nc(N3CCC(CF)C3)ccc2N2CC[C@H]1C2.O=c1nc2ccccn2c(=O)n1-c1ccccn1. The lowest BCUT2D eigenvalue weighted by Gasteiger charge is -2.36. The fraction of sp³-hybridized carbons (Fsp3) is 0.391. The van der Waals surface area contributed by atoms with Crippen LogP contribution in [-0.2, 0) is 0 Å². The Morgan fingerprint density at radius 2 is 1.42 bits per heavy atom. The van der Waals surface area contributed by atoms with Crippen molar-refractivity contribution in [1.29, 1.82) is 0 Å². The molecule has 6 aliphatic rings. The number of anilines is 7. The van der Waals surface area contributed by atoms with Crippen LogP contribution in [0.4, 0.5) is 62.8 Å². The maximum absolute atomic E-state index is 13.1. The molecule has 4 atom stereocenters. The lowest BCUT2D eigenvalue weighted by molar-refractivity contribution is -0.168. The minimum absolute atomic E-state index is 0.0163. The molecule has 348 valence electrons. The number of urea groups is 1. The van der Waals surface area contributed by atoms with Crippen molar-refractivity contribution in [3.05, 3.63) is 118 Å². The van der Waals surface area contributed by atoms with E-state index in [0.29, 0.717) is 42.2 Å². The van der Waals surface area contributed by atoms with Gasteiger partial charge >= 0.3 is 23.6 Å². The van der Waals surface area contributed by atoms with Crippen molar-refractivity contribution in [2.45, 2.75) is 43.9 Å². The van der Waals surface area contributed by atoms with Crippen LogP contribution in [0.5, 0.6) is 0 Å². The van der Waals surface area contributed by atoms with Gasteiger partial charge in [0.15, 0.2) is 11.6 Å². The third-order valence-electron chi connectivity index (χ3n) is 13.1. The van der Waals surface area contributed by atoms with E-state index in [-0.39, 0.29) is 43.4 Å². The fourth-order valence-corrected chi connectivity index (χ4v) is 9.62. The molecule has 6 aromatic heterocycles. The van der Waals surface area contributed by atoms with Gasteiger partial charge in [0.1, 0.15) is 28.9 Å². The highest BCUT2D eigenvalue weighted by molar-refractivity contribution is 6.04. The number of rotatable bonds is 5. The van der Waals surface area contributed by atoms with Crippen molar-refractivity contribution >= 4 is 52.1 Å². The van der Waals surface area contributed by atoms with Crippen LogP contribution in [0.1, 0.15) is 25.7 Å². The second-order valence-corrected chi connectivity index (χ2v) is 17.4. The topological polar surface area (TPSA) is 165 Å². The molecule has 67 heavy (non-hydrogen) atoms. The van der Waals surface area contributed by atoms with E-state index in [2.05, 4.69) is 45.3 Å². The van der Waals surface area contributed by atoms with Gasteiger partial charge in [-0.2, -0.15) is 22.7 Å². The number of carbonyl (C=O) groups excluding carboxylic acids is 1. The number of pyridine rings is 5. The molecule has 0 radical (unpaired) electrons. The Labute approximate surface area is 381 Å². The summed E-state index contributed by atoms with van der Waals surface area (Å²) in [7, 11) is 0. The number of aromatic nitrogens is 7. The zero-order valence-electron chi connectivity index (χ0n) is 36.3. The molecule has 4 saturated heterocycles. The third kappa shape index (κ3) is 8.88. The Hall–Kier alpha value is -7.32. The molecule has 6 aromatic rings. The molecular formula is C46H48F4N14O3. The minimum Gasteiger partial charge on any atom is -0.366 e. The van der Waals surface area contributed by atoms with Crippen LogP contribution in [0.25, 0.3) is 11.5 Å². The van der Waals surface area contributed by atoms with E-state index < -0.39 is 23.5 Å². The van der Waals surface area contributed by atoms with Gasteiger partial charge in [0, 0.05) is 82.9 Å². The van der Waals surface area contributed by atoms with Gasteiger partial charge in [0.05, 0.1) is 30.0 Å². The number of nitrogens with one attached hydrogen (secondary N) is 2. The quantitative estimate of drug-likeness (QED) is 0.205. The third-order valence-corrected chi connectivity index (χ3v) is 13.1. The Morgan fingerprint density at radius 1 is 0.701 bits per heavy atom. The van der Waals surface area contributed by atoms with Gasteiger partial charge in [-0.25, -0.2) is 34.3 Å². The zero-order valence-corrected chi connectivity index (χ0v) is 36.3. The van der Waals surface area contributed by atoms with Crippen molar-refractivity contribution in [3.63, 3.8) is 0 Å². The van der Waals surface area contributed by atoms with Gasteiger partial charge in [0.25, 0.3) is 0 Å². The van der Waals surface area contributed by atoms with Crippen LogP contribution in [0.15, 0.2) is 107 Å². The fourth-order valence-electron chi connectivity index (χ4n) is 9.62. The normalized spacial score (nSPS) is 21.2. The number of hydrogen-bond acceptors (Lipinski definition) is 13. The van der Waals surface area contributed by atoms with Crippen LogP contribution >= 0.6 is 0 Å². The molecule has 12 rings (SSSR count).